The van der Waals surface area contributed by atoms with Crippen molar-refractivity contribution in [2.24, 2.45) is 4.99 Å². The Morgan fingerprint density at radius 3 is 2.73 bits per heavy atom. The average Bonchev–Trinajstić information content (AvgIpc) is 3.43. The van der Waals surface area contributed by atoms with Crippen LogP contribution in [-0.4, -0.2) is 44.8 Å². The summed E-state index contributed by atoms with van der Waals surface area (Å²) < 4.78 is 11.7. The van der Waals surface area contributed by atoms with Crippen molar-refractivity contribution in [3.63, 3.8) is 0 Å². The molecule has 0 radical (unpaired) electrons. The summed E-state index contributed by atoms with van der Waals surface area (Å²) in [6.45, 7) is 4.01. The molecule has 2 aromatic rings. The smallest absolute Gasteiger partial charge is 0.191 e. The van der Waals surface area contributed by atoms with E-state index < -0.39 is 0 Å². The summed E-state index contributed by atoms with van der Waals surface area (Å²) in [5, 5.41) is 9.75. The number of aromatic nitrogens is 1. The first-order valence-corrected chi connectivity index (χ1v) is 11.4. The third kappa shape index (κ3) is 6.26. The van der Waals surface area contributed by atoms with Gasteiger partial charge in [-0.1, -0.05) is 0 Å². The molecule has 8 heteroatoms. The van der Waals surface area contributed by atoms with Crippen LogP contribution in [0.5, 0.6) is 11.5 Å². The lowest BCUT2D eigenvalue weighted by atomic mass is 10.2. The Balaban J connectivity index is 1.68. The van der Waals surface area contributed by atoms with E-state index in [-0.39, 0.29) is 0 Å². The van der Waals surface area contributed by atoms with E-state index in [2.05, 4.69) is 27.9 Å². The van der Waals surface area contributed by atoms with Crippen LogP contribution in [0.1, 0.15) is 43.9 Å². The average molecular weight is 432 g/mol. The number of rotatable bonds is 9. The molecule has 1 saturated carbocycles. The second-order valence-electron chi connectivity index (χ2n) is 7.56. The molecule has 3 rings (SSSR count). The van der Waals surface area contributed by atoms with Gasteiger partial charge in [-0.05, 0) is 44.7 Å². The summed E-state index contributed by atoms with van der Waals surface area (Å²) in [4.78, 5) is 11.4. The van der Waals surface area contributed by atoms with Crippen LogP contribution in [0.2, 0.25) is 0 Å². The largest absolute Gasteiger partial charge is 0.497 e. The number of benzene rings is 1. The summed E-state index contributed by atoms with van der Waals surface area (Å²) in [5.74, 6) is 2.44. The van der Waals surface area contributed by atoms with E-state index in [0.29, 0.717) is 19.2 Å². The third-order valence-electron chi connectivity index (χ3n) is 4.98. The number of nitrogens with zero attached hydrogens (tertiary/aromatic N) is 3. The highest BCUT2D eigenvalue weighted by Crippen LogP contribution is 2.30. The Bertz CT molecular complexity index is 831. The van der Waals surface area contributed by atoms with Crippen LogP contribution in [-0.2, 0) is 13.1 Å². The van der Waals surface area contributed by atoms with Crippen molar-refractivity contribution in [2.75, 3.05) is 32.6 Å². The zero-order valence-electron chi connectivity index (χ0n) is 18.4. The maximum absolute atomic E-state index is 6.29. The molecule has 1 fully saturated rings. The van der Waals surface area contributed by atoms with E-state index in [1.54, 1.807) is 18.4 Å². The molecule has 164 valence electrons. The first kappa shape index (κ1) is 22.2. The second kappa shape index (κ2) is 11.1. The van der Waals surface area contributed by atoms with Gasteiger partial charge < -0.3 is 25.0 Å². The topological polar surface area (TPSA) is 71.0 Å². The summed E-state index contributed by atoms with van der Waals surface area (Å²) in [5.41, 5.74) is 2.06. The third-order valence-corrected chi connectivity index (χ3v) is 6.04. The Labute approximate surface area is 183 Å². The maximum Gasteiger partial charge on any atom is 0.191 e. The van der Waals surface area contributed by atoms with E-state index in [1.165, 1.54) is 12.8 Å². The van der Waals surface area contributed by atoms with Crippen LogP contribution in [0.25, 0.3) is 0 Å². The predicted molar refractivity (Wildman–Crippen MR) is 124 cm³/mol. The number of guanidine groups is 1. The molecule has 7 nitrogen and oxygen atoms in total. The molecular weight excluding hydrogens is 398 g/mol. The fourth-order valence-corrected chi connectivity index (χ4v) is 4.11. The van der Waals surface area contributed by atoms with Gasteiger partial charge in [-0.2, -0.15) is 0 Å². The monoisotopic (exact) mass is 431 g/mol. The summed E-state index contributed by atoms with van der Waals surface area (Å²) in [6.07, 6.45) is 5.01. The van der Waals surface area contributed by atoms with Crippen molar-refractivity contribution in [1.82, 2.24) is 15.6 Å². The van der Waals surface area contributed by atoms with E-state index in [1.807, 2.05) is 37.2 Å². The molecule has 0 unspecified atom stereocenters. The molecule has 1 heterocycles. The van der Waals surface area contributed by atoms with Crippen LogP contribution in [0.3, 0.4) is 0 Å². The minimum absolute atomic E-state index is 0.293. The van der Waals surface area contributed by atoms with Gasteiger partial charge in [-0.15, -0.1) is 11.3 Å². The van der Waals surface area contributed by atoms with Crippen LogP contribution >= 0.6 is 11.3 Å². The highest BCUT2D eigenvalue weighted by atomic mass is 32.1. The Hall–Kier alpha value is -2.48. The van der Waals surface area contributed by atoms with E-state index >= 15 is 0 Å². The molecule has 2 N–H and O–H groups in total. The van der Waals surface area contributed by atoms with Gasteiger partial charge in [0.1, 0.15) is 11.5 Å². The summed E-state index contributed by atoms with van der Waals surface area (Å²) >= 11 is 1.64. The highest BCUT2D eigenvalue weighted by molar-refractivity contribution is 7.13. The molecule has 1 aliphatic carbocycles. The second-order valence-corrected chi connectivity index (χ2v) is 8.40. The number of nitrogens with one attached hydrogen (secondary N) is 2. The molecule has 1 aromatic heterocycles. The van der Waals surface area contributed by atoms with Gasteiger partial charge in [0.15, 0.2) is 11.1 Å². The normalized spacial score (nSPS) is 14.6. The lowest BCUT2D eigenvalue weighted by Crippen LogP contribution is -2.36. The van der Waals surface area contributed by atoms with Crippen LogP contribution in [0.4, 0.5) is 5.13 Å². The van der Waals surface area contributed by atoms with Gasteiger partial charge in [0.05, 0.1) is 32.0 Å². The van der Waals surface area contributed by atoms with Gasteiger partial charge in [0, 0.05) is 37.6 Å². The van der Waals surface area contributed by atoms with Crippen molar-refractivity contribution in [3.8, 4) is 11.5 Å². The van der Waals surface area contributed by atoms with Crippen molar-refractivity contribution in [2.45, 2.75) is 51.8 Å². The molecule has 0 aliphatic heterocycles. The fourth-order valence-electron chi connectivity index (χ4n) is 3.35. The fraction of sp³-hybridized carbons (Fsp3) is 0.545. The molecule has 0 saturated heterocycles. The van der Waals surface area contributed by atoms with Gasteiger partial charge in [-0.3, -0.25) is 0 Å². The van der Waals surface area contributed by atoms with Crippen molar-refractivity contribution in [3.05, 3.63) is 34.8 Å². The van der Waals surface area contributed by atoms with Gasteiger partial charge in [0.25, 0.3) is 0 Å². The summed E-state index contributed by atoms with van der Waals surface area (Å²) in [7, 11) is 5.68. The number of methoxy groups -OCH3 is 1. The SMILES string of the molecule is CCNC(=NCc1ccc(OC)cc1OC1CCCC1)NCc1csc(N(C)C)n1. The molecule has 30 heavy (non-hydrogen) atoms. The lowest BCUT2D eigenvalue weighted by Gasteiger charge is -2.17. The van der Waals surface area contributed by atoms with E-state index in [4.69, 9.17) is 14.5 Å². The zero-order chi connectivity index (χ0) is 21.3. The Kier molecular flexibility index (Phi) is 8.19. The standard InChI is InChI=1S/C22H33N5O2S/c1-5-23-21(25-14-17-15-30-22(26-17)27(2)3)24-13-16-10-11-19(28-4)12-20(16)29-18-8-6-7-9-18/h10-12,15,18H,5-9,13-14H2,1-4H3,(H2,23,24,25). The number of hydrogen-bond donors (Lipinski definition) is 2. The molecule has 0 bridgehead atoms. The first-order chi connectivity index (χ1) is 14.6. The maximum atomic E-state index is 6.29. The Morgan fingerprint density at radius 2 is 2.07 bits per heavy atom. The van der Waals surface area contributed by atoms with Gasteiger partial charge in [0.2, 0.25) is 0 Å². The minimum Gasteiger partial charge on any atom is -0.497 e. The number of ether oxygens (including phenoxy) is 2. The molecule has 0 atom stereocenters. The molecule has 0 spiro atoms. The zero-order valence-corrected chi connectivity index (χ0v) is 19.2. The lowest BCUT2D eigenvalue weighted by molar-refractivity contribution is 0.207. The number of anilines is 1. The highest BCUT2D eigenvalue weighted by Gasteiger charge is 2.18. The number of aliphatic imine (C=N–C) groups is 1. The molecule has 0 amide bonds. The number of thiazole rings is 1. The summed E-state index contributed by atoms with van der Waals surface area (Å²) in [6, 6.07) is 5.98. The number of hydrogen-bond acceptors (Lipinski definition) is 6. The van der Waals surface area contributed by atoms with E-state index in [9.17, 15) is 0 Å². The van der Waals surface area contributed by atoms with Crippen molar-refractivity contribution < 1.29 is 9.47 Å². The van der Waals surface area contributed by atoms with Crippen molar-refractivity contribution in [1.29, 1.82) is 0 Å². The van der Waals surface area contributed by atoms with Crippen LogP contribution in [0.15, 0.2) is 28.6 Å². The predicted octanol–water partition coefficient (Wildman–Crippen LogP) is 3.79. The van der Waals surface area contributed by atoms with Crippen molar-refractivity contribution >= 4 is 22.4 Å². The van der Waals surface area contributed by atoms with Gasteiger partial charge >= 0.3 is 0 Å². The van der Waals surface area contributed by atoms with Crippen LogP contribution in [0, 0.1) is 0 Å². The molecular formula is C22H33N5O2S. The molecule has 1 aromatic carbocycles. The Morgan fingerprint density at radius 1 is 1.27 bits per heavy atom. The molecule has 1 aliphatic rings. The van der Waals surface area contributed by atoms with Crippen LogP contribution < -0.4 is 25.0 Å². The van der Waals surface area contributed by atoms with E-state index in [0.717, 1.165) is 53.2 Å². The quantitative estimate of drug-likeness (QED) is 0.465. The van der Waals surface area contributed by atoms with Gasteiger partial charge in [-0.25, -0.2) is 9.98 Å². The first-order valence-electron chi connectivity index (χ1n) is 10.6. The minimum atomic E-state index is 0.293.